The minimum absolute atomic E-state index is 0.0629. The van der Waals surface area contributed by atoms with Crippen molar-refractivity contribution in [2.75, 3.05) is 13.2 Å². The first kappa shape index (κ1) is 22.8. The molecule has 1 aliphatic carbocycles. The number of amides is 2. The Morgan fingerprint density at radius 2 is 1.76 bits per heavy atom. The third-order valence-corrected chi connectivity index (χ3v) is 7.45. The molecule has 3 N–H and O–H groups in total. The summed E-state index contributed by atoms with van der Waals surface area (Å²) >= 11 is 6.38. The molecule has 1 aromatic carbocycles. The van der Waals surface area contributed by atoms with E-state index in [0.717, 1.165) is 32.1 Å². The molecular weight excluding hydrogens is 464 g/mol. The highest BCUT2D eigenvalue weighted by atomic mass is 35.5. The van der Waals surface area contributed by atoms with E-state index in [4.69, 9.17) is 16.3 Å². The Morgan fingerprint density at radius 1 is 1.06 bits per heavy atom. The number of aromatic amines is 2. The van der Waals surface area contributed by atoms with E-state index in [2.05, 4.69) is 15.3 Å². The minimum atomic E-state index is -0.817. The van der Waals surface area contributed by atoms with Crippen LogP contribution in [0.4, 0.5) is 0 Å². The molecule has 10 nitrogen and oxygen atoms in total. The topological polar surface area (TPSA) is 141 Å². The Balaban J connectivity index is 1.43. The summed E-state index contributed by atoms with van der Waals surface area (Å²) in [6, 6.07) is 2.97. The number of carbonyl (C=O) groups is 3. The predicted octanol–water partition coefficient (Wildman–Crippen LogP) is 0.681. The third-order valence-electron chi connectivity index (χ3n) is 7.06. The number of benzene rings is 1. The molecule has 2 aromatic rings. The fourth-order valence-electron chi connectivity index (χ4n) is 5.33. The fraction of sp³-hybridized carbons (Fsp3) is 0.522. The average Bonchev–Trinajstić information content (AvgIpc) is 3.38. The molecule has 34 heavy (non-hydrogen) atoms. The van der Waals surface area contributed by atoms with Gasteiger partial charge in [0.05, 0.1) is 16.4 Å². The normalized spacial score (nSPS) is 26.0. The van der Waals surface area contributed by atoms with Gasteiger partial charge in [-0.2, -0.15) is 0 Å². The van der Waals surface area contributed by atoms with Crippen LogP contribution in [0.15, 0.2) is 27.8 Å². The molecule has 0 bridgehead atoms. The van der Waals surface area contributed by atoms with Crippen LogP contribution in [0.5, 0.6) is 0 Å². The summed E-state index contributed by atoms with van der Waals surface area (Å²) in [6.07, 6.45) is 4.05. The van der Waals surface area contributed by atoms with E-state index in [1.807, 2.05) is 0 Å². The van der Waals surface area contributed by atoms with Crippen molar-refractivity contribution in [3.63, 3.8) is 0 Å². The van der Waals surface area contributed by atoms with Crippen molar-refractivity contribution < 1.29 is 19.1 Å². The first-order chi connectivity index (χ1) is 16.3. The molecule has 2 saturated heterocycles. The van der Waals surface area contributed by atoms with Crippen LogP contribution in [0, 0.1) is 5.92 Å². The summed E-state index contributed by atoms with van der Waals surface area (Å²) in [5.41, 5.74) is -0.669. The molecule has 2 aliphatic heterocycles. The van der Waals surface area contributed by atoms with E-state index in [-0.39, 0.29) is 36.3 Å². The molecule has 2 amide bonds. The van der Waals surface area contributed by atoms with E-state index >= 15 is 0 Å². The van der Waals surface area contributed by atoms with Crippen molar-refractivity contribution in [3.8, 4) is 0 Å². The number of hydrogen-bond acceptors (Lipinski definition) is 6. The molecule has 11 heteroatoms. The molecule has 0 unspecified atom stereocenters. The molecule has 1 aromatic heterocycles. The van der Waals surface area contributed by atoms with Gasteiger partial charge in [-0.25, -0.2) is 0 Å². The van der Waals surface area contributed by atoms with Gasteiger partial charge in [0.1, 0.15) is 24.8 Å². The molecule has 1 saturated carbocycles. The lowest BCUT2D eigenvalue weighted by Crippen LogP contribution is -2.55. The predicted molar refractivity (Wildman–Crippen MR) is 123 cm³/mol. The first-order valence-corrected chi connectivity index (χ1v) is 11.9. The number of ketones is 1. The largest absolute Gasteiger partial charge is 0.366 e. The molecule has 4 atom stereocenters. The summed E-state index contributed by atoms with van der Waals surface area (Å²) in [7, 11) is 0. The molecule has 3 aliphatic rings. The van der Waals surface area contributed by atoms with E-state index in [1.54, 1.807) is 0 Å². The van der Waals surface area contributed by atoms with Crippen molar-refractivity contribution in [2.24, 2.45) is 5.92 Å². The second kappa shape index (κ2) is 8.99. The van der Waals surface area contributed by atoms with E-state index < -0.39 is 40.6 Å². The second-order valence-electron chi connectivity index (χ2n) is 9.21. The molecule has 3 heterocycles. The summed E-state index contributed by atoms with van der Waals surface area (Å²) < 4.78 is 5.50. The zero-order valence-corrected chi connectivity index (χ0v) is 19.1. The summed E-state index contributed by atoms with van der Waals surface area (Å²) in [4.78, 5) is 68.9. The van der Waals surface area contributed by atoms with Crippen LogP contribution in [0.25, 0.3) is 11.0 Å². The number of fused-ring (bicyclic) bond motifs is 2. The lowest BCUT2D eigenvalue weighted by molar-refractivity contribution is -0.139. The van der Waals surface area contributed by atoms with Gasteiger partial charge < -0.3 is 24.9 Å². The Morgan fingerprint density at radius 3 is 2.50 bits per heavy atom. The monoisotopic (exact) mass is 488 g/mol. The van der Waals surface area contributed by atoms with Crippen LogP contribution in [-0.2, 0) is 14.3 Å². The van der Waals surface area contributed by atoms with Crippen LogP contribution in [0.1, 0.15) is 42.5 Å². The number of halogens is 1. The van der Waals surface area contributed by atoms with Gasteiger partial charge >= 0.3 is 11.1 Å². The van der Waals surface area contributed by atoms with E-state index in [1.165, 1.54) is 23.1 Å². The average molecular weight is 489 g/mol. The van der Waals surface area contributed by atoms with Gasteiger partial charge in [-0.1, -0.05) is 19.3 Å². The number of nitrogens with zero attached hydrogens (tertiary/aromatic N) is 1. The zero-order valence-electron chi connectivity index (χ0n) is 18.3. The van der Waals surface area contributed by atoms with Crippen LogP contribution in [-0.4, -0.2) is 69.2 Å². The Kier molecular flexibility index (Phi) is 6.03. The number of Topliss-reactive ketones (excluding diaryl/α,β-unsaturated/α-hetero) is 1. The lowest BCUT2D eigenvalue weighted by atomic mass is 9.83. The van der Waals surface area contributed by atoms with Crippen molar-refractivity contribution in [1.82, 2.24) is 20.2 Å². The van der Waals surface area contributed by atoms with Crippen LogP contribution in [0.3, 0.4) is 0 Å². The second-order valence-corrected chi connectivity index (χ2v) is 9.77. The maximum absolute atomic E-state index is 13.7. The number of alkyl halides is 1. The van der Waals surface area contributed by atoms with Crippen LogP contribution >= 0.6 is 11.6 Å². The number of ether oxygens (including phenoxy) is 1. The van der Waals surface area contributed by atoms with Gasteiger partial charge in [0.2, 0.25) is 5.91 Å². The highest BCUT2D eigenvalue weighted by Gasteiger charge is 2.53. The Hall–Kier alpha value is -2.98. The van der Waals surface area contributed by atoms with Crippen LogP contribution in [0.2, 0.25) is 0 Å². The number of carbonyl (C=O) groups excluding carboxylic acids is 3. The van der Waals surface area contributed by atoms with Gasteiger partial charge in [-0.05, 0) is 37.0 Å². The van der Waals surface area contributed by atoms with E-state index in [0.29, 0.717) is 11.0 Å². The summed E-state index contributed by atoms with van der Waals surface area (Å²) in [6.45, 7) is 0.116. The number of nitrogens with one attached hydrogen (secondary N) is 3. The summed E-state index contributed by atoms with van der Waals surface area (Å²) in [5.74, 6) is -1.05. The van der Waals surface area contributed by atoms with Gasteiger partial charge in [-0.15, -0.1) is 11.6 Å². The first-order valence-electron chi connectivity index (χ1n) is 11.5. The molecular formula is C23H25ClN4O6. The zero-order chi connectivity index (χ0) is 24.0. The smallest absolute Gasteiger partial charge is 0.314 e. The van der Waals surface area contributed by atoms with Crippen LogP contribution < -0.4 is 16.4 Å². The standard InChI is InChI=1S/C23H25ClN4O6/c24-13-9-28(18-16(29)10-34-19(13)18)23(33)17(11-4-2-1-3-5-11)27-20(30)12-6-7-14-15(8-12)26-22(32)21(31)25-14/h6-8,11,13,17-19H,1-5,9-10H2,(H,25,31)(H,26,32)(H,27,30)/t13-,17-,18+,19+/m0/s1. The maximum Gasteiger partial charge on any atom is 0.314 e. The Bertz CT molecular complexity index is 1270. The fourth-order valence-corrected chi connectivity index (χ4v) is 5.69. The van der Waals surface area contributed by atoms with Crippen molar-refractivity contribution >= 4 is 40.2 Å². The van der Waals surface area contributed by atoms with Crippen molar-refractivity contribution in [1.29, 1.82) is 0 Å². The summed E-state index contributed by atoms with van der Waals surface area (Å²) in [5, 5.41) is 2.41. The molecule has 5 rings (SSSR count). The maximum atomic E-state index is 13.7. The quantitative estimate of drug-likeness (QED) is 0.427. The SMILES string of the molecule is O=C(N[C@H](C(=O)N1C[C@H](Cl)[C@H]2OCC(=O)[C@H]21)C1CCCCC1)c1ccc2[nH]c(=O)c(=O)[nH]c2c1. The van der Waals surface area contributed by atoms with Crippen molar-refractivity contribution in [2.45, 2.75) is 55.7 Å². The number of aromatic nitrogens is 2. The molecule has 0 radical (unpaired) electrons. The molecule has 3 fully saturated rings. The Labute approximate surface area is 199 Å². The minimum Gasteiger partial charge on any atom is -0.366 e. The van der Waals surface area contributed by atoms with Gasteiger partial charge in [0.25, 0.3) is 5.91 Å². The number of rotatable bonds is 4. The number of hydrogen-bond donors (Lipinski definition) is 3. The van der Waals surface area contributed by atoms with Gasteiger partial charge in [0, 0.05) is 12.1 Å². The van der Waals surface area contributed by atoms with Gasteiger partial charge in [0.15, 0.2) is 5.78 Å². The molecule has 180 valence electrons. The molecule has 0 spiro atoms. The number of likely N-dealkylation sites (tertiary alicyclic amines) is 1. The lowest BCUT2D eigenvalue weighted by Gasteiger charge is -2.34. The van der Waals surface area contributed by atoms with E-state index in [9.17, 15) is 24.0 Å². The highest BCUT2D eigenvalue weighted by Crippen LogP contribution is 2.34. The third kappa shape index (κ3) is 4.05. The highest BCUT2D eigenvalue weighted by molar-refractivity contribution is 6.22. The van der Waals surface area contributed by atoms with Gasteiger partial charge in [-0.3, -0.25) is 24.0 Å². The number of H-pyrrole nitrogens is 2. The van der Waals surface area contributed by atoms with Crippen molar-refractivity contribution in [3.05, 3.63) is 44.5 Å².